The zero-order chi connectivity index (χ0) is 31.9. The highest BCUT2D eigenvalue weighted by atomic mass is 35.5. The Bertz CT molecular complexity index is 1870. The lowest BCUT2D eigenvalue weighted by atomic mass is 10.0. The summed E-state index contributed by atoms with van der Waals surface area (Å²) in [6.07, 6.45) is 2.28. The first kappa shape index (κ1) is 31.0. The molecule has 0 radical (unpaired) electrons. The van der Waals surface area contributed by atoms with Gasteiger partial charge in [0.15, 0.2) is 11.2 Å². The number of nitrogens with one attached hydrogen (secondary N) is 2. The van der Waals surface area contributed by atoms with Crippen molar-refractivity contribution in [3.63, 3.8) is 0 Å². The number of anilines is 1. The number of rotatable bonds is 8. The molecule has 6 rings (SSSR count). The zero-order valence-corrected chi connectivity index (χ0v) is 27.0. The van der Waals surface area contributed by atoms with E-state index in [-0.39, 0.29) is 13.0 Å². The molecule has 2 N–H and O–H groups in total. The molecule has 234 valence electrons. The summed E-state index contributed by atoms with van der Waals surface area (Å²) < 4.78 is 23.1. The van der Waals surface area contributed by atoms with E-state index in [4.69, 9.17) is 33.0 Å². The highest BCUT2D eigenvalue weighted by molar-refractivity contribution is 7.13. The van der Waals surface area contributed by atoms with Crippen molar-refractivity contribution in [2.45, 2.75) is 58.0 Å². The molecule has 2 atom stereocenters. The second-order valence-electron chi connectivity index (χ2n) is 11.7. The molecule has 45 heavy (non-hydrogen) atoms. The lowest BCUT2D eigenvalue weighted by Gasteiger charge is -2.20. The van der Waals surface area contributed by atoms with Gasteiger partial charge in [0, 0.05) is 41.2 Å². The fourth-order valence-corrected chi connectivity index (χ4v) is 6.35. The lowest BCUT2D eigenvalue weighted by molar-refractivity contribution is -0.118. The first-order chi connectivity index (χ1) is 21.5. The van der Waals surface area contributed by atoms with Crippen molar-refractivity contribution in [1.82, 2.24) is 29.6 Å². The van der Waals surface area contributed by atoms with E-state index in [0.717, 1.165) is 11.1 Å². The van der Waals surface area contributed by atoms with Crippen molar-refractivity contribution in [2.24, 2.45) is 0 Å². The Hall–Kier alpha value is -4.00. The number of hydrogen-bond acceptors (Lipinski definition) is 7. The first-order valence-electron chi connectivity index (χ1n) is 14.3. The van der Waals surface area contributed by atoms with E-state index in [1.807, 2.05) is 45.0 Å². The summed E-state index contributed by atoms with van der Waals surface area (Å²) in [6.45, 7) is 5.98. The Morgan fingerprint density at radius 1 is 1.13 bits per heavy atom. The number of fused-ring (bicyclic) bond motifs is 2. The molecule has 1 aliphatic heterocycles. The number of imidazole rings is 1. The number of alkyl halides is 1. The number of nitrogens with zero attached hydrogens (tertiary/aromatic N) is 5. The predicted molar refractivity (Wildman–Crippen MR) is 173 cm³/mol. The van der Waals surface area contributed by atoms with Crippen LogP contribution in [0.25, 0.3) is 22.2 Å². The molecule has 1 aliphatic rings. The van der Waals surface area contributed by atoms with Gasteiger partial charge in [-0.05, 0) is 44.9 Å². The van der Waals surface area contributed by atoms with Crippen LogP contribution in [0.15, 0.2) is 54.3 Å². The quantitative estimate of drug-likeness (QED) is 0.187. The third-order valence-corrected chi connectivity index (χ3v) is 8.57. The monoisotopic (exact) mass is 669 g/mol. The molecule has 4 heterocycles. The topological polar surface area (TPSA) is 116 Å². The van der Waals surface area contributed by atoms with Gasteiger partial charge < -0.3 is 14.6 Å². The molecule has 5 aromatic rings. The van der Waals surface area contributed by atoms with E-state index in [1.165, 1.54) is 11.3 Å². The Morgan fingerprint density at radius 2 is 1.89 bits per heavy atom. The van der Waals surface area contributed by atoms with Crippen LogP contribution in [0.5, 0.6) is 0 Å². The number of thiazole rings is 1. The number of ether oxygens (including phenoxy) is 1. The van der Waals surface area contributed by atoms with Gasteiger partial charge in [0.25, 0.3) is 5.91 Å². The predicted octanol–water partition coefficient (Wildman–Crippen LogP) is 6.85. The van der Waals surface area contributed by atoms with Crippen molar-refractivity contribution in [1.29, 1.82) is 0 Å². The SMILES string of the molecule is CC(C)(C)OC(=O)NCCc1ccc(-c2c3c(Cl)ccc(Cl)c3nn2C(C(=O)Nc2nccs2)c2ncn3c2C[C@@H](F)C3)cc1. The van der Waals surface area contributed by atoms with Gasteiger partial charge in [0.05, 0.1) is 34.3 Å². The summed E-state index contributed by atoms with van der Waals surface area (Å²) in [6, 6.07) is 9.91. The van der Waals surface area contributed by atoms with Crippen LogP contribution < -0.4 is 10.6 Å². The van der Waals surface area contributed by atoms with Gasteiger partial charge in [0.1, 0.15) is 17.3 Å². The second-order valence-corrected chi connectivity index (χ2v) is 13.4. The highest BCUT2D eigenvalue weighted by Gasteiger charge is 2.36. The number of hydrogen-bond donors (Lipinski definition) is 2. The molecule has 14 heteroatoms. The Morgan fingerprint density at radius 3 is 2.60 bits per heavy atom. The molecule has 1 unspecified atom stereocenters. The number of halogens is 3. The summed E-state index contributed by atoms with van der Waals surface area (Å²) >= 11 is 14.7. The molecule has 0 saturated carbocycles. The van der Waals surface area contributed by atoms with E-state index >= 15 is 0 Å². The number of benzene rings is 2. The van der Waals surface area contributed by atoms with Crippen LogP contribution >= 0.6 is 34.5 Å². The molecule has 0 aliphatic carbocycles. The minimum Gasteiger partial charge on any atom is -0.444 e. The minimum atomic E-state index is -1.09. The third-order valence-electron chi connectivity index (χ3n) is 7.26. The van der Waals surface area contributed by atoms with Gasteiger partial charge in [0.2, 0.25) is 0 Å². The maximum atomic E-state index is 14.5. The van der Waals surface area contributed by atoms with E-state index in [1.54, 1.807) is 39.3 Å². The average molecular weight is 671 g/mol. The number of aromatic nitrogens is 5. The number of carbonyl (C=O) groups is 2. The summed E-state index contributed by atoms with van der Waals surface area (Å²) in [5.41, 5.74) is 3.07. The maximum absolute atomic E-state index is 14.5. The molecule has 3 aromatic heterocycles. The second kappa shape index (κ2) is 12.4. The van der Waals surface area contributed by atoms with Crippen LogP contribution in [0.4, 0.5) is 14.3 Å². The molecule has 0 saturated heterocycles. The minimum absolute atomic E-state index is 0.125. The summed E-state index contributed by atoms with van der Waals surface area (Å²) in [4.78, 5) is 34.9. The molecule has 2 amide bonds. The largest absolute Gasteiger partial charge is 0.444 e. The third kappa shape index (κ3) is 6.54. The molecule has 0 spiro atoms. The highest BCUT2D eigenvalue weighted by Crippen LogP contribution is 2.41. The van der Waals surface area contributed by atoms with E-state index in [2.05, 4.69) is 20.6 Å². The Labute approximate surface area is 272 Å². The normalized spacial score (nSPS) is 15.2. The summed E-state index contributed by atoms with van der Waals surface area (Å²) in [7, 11) is 0. The van der Waals surface area contributed by atoms with Gasteiger partial charge in [-0.15, -0.1) is 11.3 Å². The molecule has 2 aromatic carbocycles. The lowest BCUT2D eigenvalue weighted by Crippen LogP contribution is -2.33. The fourth-order valence-electron chi connectivity index (χ4n) is 5.38. The smallest absolute Gasteiger partial charge is 0.407 e. The van der Waals surface area contributed by atoms with Crippen molar-refractivity contribution in [3.8, 4) is 11.3 Å². The van der Waals surface area contributed by atoms with E-state index < -0.39 is 29.8 Å². The van der Waals surface area contributed by atoms with Gasteiger partial charge in [-0.1, -0.05) is 47.5 Å². The van der Waals surface area contributed by atoms with Crippen LogP contribution in [0.1, 0.15) is 43.8 Å². The van der Waals surface area contributed by atoms with Crippen LogP contribution in [-0.2, 0) is 28.9 Å². The van der Waals surface area contributed by atoms with Gasteiger partial charge in [-0.25, -0.2) is 23.8 Å². The number of alkyl carbamates (subject to hydrolysis) is 1. The molecule has 10 nitrogen and oxygen atoms in total. The fraction of sp³-hybridized carbons (Fsp3) is 0.323. The first-order valence-corrected chi connectivity index (χ1v) is 15.9. The van der Waals surface area contributed by atoms with Gasteiger partial charge in [-0.2, -0.15) is 5.10 Å². The standard InChI is InChI=1S/C31H30Cl2FN7O3S/c1-31(2,3)44-30(43)36-11-10-17-4-6-18(7-5-17)26-23-20(32)8-9-21(33)24(23)39-41(26)27(28(42)38-29-35-12-13-45-29)25-22-14-19(34)15-40(22)16-37-25/h4-9,12-13,16,19,27H,10-11,14-15H2,1-3H3,(H,36,43)(H,35,38,42)/t19-,27?/m1/s1. The van der Waals surface area contributed by atoms with Crippen molar-refractivity contribution >= 4 is 62.6 Å². The van der Waals surface area contributed by atoms with Crippen LogP contribution in [-0.4, -0.2) is 54.6 Å². The van der Waals surface area contributed by atoms with Crippen molar-refractivity contribution < 1.29 is 18.7 Å². The van der Waals surface area contributed by atoms with Crippen LogP contribution in [0, 0.1) is 0 Å². The van der Waals surface area contributed by atoms with Crippen LogP contribution in [0.2, 0.25) is 10.0 Å². The molecule has 0 fully saturated rings. The Kier molecular flexibility index (Phi) is 8.55. The van der Waals surface area contributed by atoms with Crippen molar-refractivity contribution in [3.05, 3.63) is 81.3 Å². The average Bonchev–Trinajstić information content (AvgIpc) is 3.76. The maximum Gasteiger partial charge on any atom is 0.407 e. The summed E-state index contributed by atoms with van der Waals surface area (Å²) in [5.74, 6) is -0.445. The number of carbonyl (C=O) groups excluding carboxylic acids is 2. The van der Waals surface area contributed by atoms with E-state index in [9.17, 15) is 14.0 Å². The molecule has 0 bridgehead atoms. The van der Waals surface area contributed by atoms with Gasteiger partial charge >= 0.3 is 6.09 Å². The Balaban J connectivity index is 1.41. The van der Waals surface area contributed by atoms with Gasteiger partial charge in [-0.3, -0.25) is 10.1 Å². The summed E-state index contributed by atoms with van der Waals surface area (Å²) in [5, 5.41) is 14.0. The van der Waals surface area contributed by atoms with Crippen molar-refractivity contribution in [2.75, 3.05) is 11.9 Å². The number of amides is 2. The van der Waals surface area contributed by atoms with E-state index in [0.29, 0.717) is 56.1 Å². The molecular weight excluding hydrogens is 640 g/mol. The molecular formula is C31H30Cl2FN7O3S. The zero-order valence-electron chi connectivity index (χ0n) is 24.7. The van der Waals surface area contributed by atoms with Crippen LogP contribution in [0.3, 0.4) is 0 Å².